The van der Waals surface area contributed by atoms with Gasteiger partial charge in [-0.25, -0.2) is 4.39 Å². The van der Waals surface area contributed by atoms with Crippen LogP contribution >= 0.6 is 11.8 Å². The Morgan fingerprint density at radius 1 is 1.33 bits per heavy atom. The first-order valence-corrected chi connectivity index (χ1v) is 9.52. The molecule has 6 heteroatoms. The zero-order valence-corrected chi connectivity index (χ0v) is 15.3. The topological polar surface area (TPSA) is 41.6 Å². The Kier molecular flexibility index (Phi) is 8.02. The van der Waals surface area contributed by atoms with Gasteiger partial charge in [0.25, 0.3) is 0 Å². The fraction of sp³-hybridized carbons (Fsp3) is 0.611. The molecule has 0 saturated carbocycles. The fourth-order valence-corrected chi connectivity index (χ4v) is 3.71. The van der Waals surface area contributed by atoms with E-state index in [2.05, 4.69) is 24.1 Å². The third-order valence-corrected chi connectivity index (χ3v) is 5.27. The van der Waals surface area contributed by atoms with E-state index in [1.54, 1.807) is 18.2 Å². The summed E-state index contributed by atoms with van der Waals surface area (Å²) in [6.07, 6.45) is 0.396. The second-order valence-electron chi connectivity index (χ2n) is 6.29. The van der Waals surface area contributed by atoms with Crippen molar-refractivity contribution in [3.8, 4) is 0 Å². The number of carbonyl (C=O) groups is 1. The SMILES string of the molecule is CC(C)C(CNC(=O)CCSc1ccccc1F)N1CCOCC1. The molecule has 1 N–H and O–H groups in total. The van der Waals surface area contributed by atoms with Gasteiger partial charge in [-0.3, -0.25) is 9.69 Å². The Morgan fingerprint density at radius 2 is 2.04 bits per heavy atom. The Hall–Kier alpha value is -1.11. The van der Waals surface area contributed by atoms with Crippen LogP contribution in [0.15, 0.2) is 29.2 Å². The van der Waals surface area contributed by atoms with Gasteiger partial charge in [-0.2, -0.15) is 0 Å². The number of halogens is 1. The van der Waals surface area contributed by atoms with E-state index < -0.39 is 0 Å². The summed E-state index contributed by atoms with van der Waals surface area (Å²) >= 11 is 1.38. The van der Waals surface area contributed by atoms with Gasteiger partial charge in [0.15, 0.2) is 0 Å². The molecule has 1 unspecified atom stereocenters. The lowest BCUT2D eigenvalue weighted by atomic mass is 10.0. The highest BCUT2D eigenvalue weighted by atomic mass is 32.2. The number of thioether (sulfide) groups is 1. The fourth-order valence-electron chi connectivity index (χ4n) is 2.82. The van der Waals surface area contributed by atoms with Crippen molar-refractivity contribution >= 4 is 17.7 Å². The molecule has 1 aliphatic rings. The van der Waals surface area contributed by atoms with E-state index >= 15 is 0 Å². The molecule has 1 aromatic carbocycles. The van der Waals surface area contributed by atoms with Gasteiger partial charge in [0, 0.05) is 42.7 Å². The van der Waals surface area contributed by atoms with E-state index in [0.29, 0.717) is 35.6 Å². The van der Waals surface area contributed by atoms with Crippen LogP contribution in [-0.4, -0.2) is 55.4 Å². The average Bonchev–Trinajstić information content (AvgIpc) is 2.57. The zero-order valence-electron chi connectivity index (χ0n) is 14.5. The summed E-state index contributed by atoms with van der Waals surface area (Å²) in [4.78, 5) is 15.1. The van der Waals surface area contributed by atoms with Crippen molar-refractivity contribution in [2.24, 2.45) is 5.92 Å². The number of nitrogens with one attached hydrogen (secondary N) is 1. The summed E-state index contributed by atoms with van der Waals surface area (Å²) in [5.41, 5.74) is 0. The van der Waals surface area contributed by atoms with E-state index in [-0.39, 0.29) is 11.7 Å². The predicted octanol–water partition coefficient (Wildman–Crippen LogP) is 2.78. The summed E-state index contributed by atoms with van der Waals surface area (Å²) in [6, 6.07) is 6.99. The summed E-state index contributed by atoms with van der Waals surface area (Å²) in [6.45, 7) is 8.37. The molecule has 1 atom stereocenters. The van der Waals surface area contributed by atoms with Gasteiger partial charge in [-0.1, -0.05) is 26.0 Å². The molecule has 24 heavy (non-hydrogen) atoms. The molecule has 134 valence electrons. The smallest absolute Gasteiger partial charge is 0.220 e. The Labute approximate surface area is 148 Å². The van der Waals surface area contributed by atoms with Crippen molar-refractivity contribution in [3.05, 3.63) is 30.1 Å². The van der Waals surface area contributed by atoms with Gasteiger partial charge >= 0.3 is 0 Å². The van der Waals surface area contributed by atoms with Gasteiger partial charge in [0.05, 0.1) is 13.2 Å². The predicted molar refractivity (Wildman–Crippen MR) is 95.8 cm³/mol. The molecule has 2 rings (SSSR count). The number of hydrogen-bond acceptors (Lipinski definition) is 4. The van der Waals surface area contributed by atoms with Crippen molar-refractivity contribution in [3.63, 3.8) is 0 Å². The van der Waals surface area contributed by atoms with Crippen LogP contribution in [0.4, 0.5) is 4.39 Å². The van der Waals surface area contributed by atoms with Crippen molar-refractivity contribution in [1.82, 2.24) is 10.2 Å². The summed E-state index contributed by atoms with van der Waals surface area (Å²) in [5.74, 6) is 0.848. The minimum Gasteiger partial charge on any atom is -0.379 e. The van der Waals surface area contributed by atoms with Crippen LogP contribution in [0.25, 0.3) is 0 Å². The summed E-state index contributed by atoms with van der Waals surface area (Å²) < 4.78 is 18.9. The number of carbonyl (C=O) groups excluding carboxylic acids is 1. The van der Waals surface area contributed by atoms with Crippen LogP contribution in [0.2, 0.25) is 0 Å². The van der Waals surface area contributed by atoms with E-state index in [0.717, 1.165) is 26.3 Å². The van der Waals surface area contributed by atoms with E-state index in [1.807, 2.05) is 0 Å². The molecule has 0 aromatic heterocycles. The van der Waals surface area contributed by atoms with E-state index in [4.69, 9.17) is 4.74 Å². The lowest BCUT2D eigenvalue weighted by molar-refractivity contribution is -0.121. The number of benzene rings is 1. The van der Waals surface area contributed by atoms with Crippen LogP contribution in [0.3, 0.4) is 0 Å². The first kappa shape index (κ1) is 19.2. The molecular formula is C18H27FN2O2S. The van der Waals surface area contributed by atoms with Crippen molar-refractivity contribution in [2.45, 2.75) is 31.2 Å². The molecule has 4 nitrogen and oxygen atoms in total. The molecule has 0 spiro atoms. The first-order valence-electron chi connectivity index (χ1n) is 8.53. The maximum absolute atomic E-state index is 13.5. The quantitative estimate of drug-likeness (QED) is 0.729. The lowest BCUT2D eigenvalue weighted by Crippen LogP contribution is -2.51. The van der Waals surface area contributed by atoms with Crippen molar-refractivity contribution < 1.29 is 13.9 Å². The molecule has 1 saturated heterocycles. The average molecular weight is 354 g/mol. The van der Waals surface area contributed by atoms with Crippen molar-refractivity contribution in [2.75, 3.05) is 38.6 Å². The third-order valence-electron chi connectivity index (χ3n) is 4.22. The summed E-state index contributed by atoms with van der Waals surface area (Å²) in [7, 11) is 0. The second-order valence-corrected chi connectivity index (χ2v) is 7.43. The van der Waals surface area contributed by atoms with Gasteiger partial charge in [-0.15, -0.1) is 11.8 Å². The Morgan fingerprint density at radius 3 is 2.71 bits per heavy atom. The molecule has 0 radical (unpaired) electrons. The van der Waals surface area contributed by atoms with Crippen LogP contribution < -0.4 is 5.32 Å². The second kappa shape index (κ2) is 10.0. The third kappa shape index (κ3) is 6.07. The molecule has 1 aromatic rings. The standard InChI is InChI=1S/C18H27FN2O2S/c1-14(2)16(21-8-10-23-11-9-21)13-20-18(22)7-12-24-17-6-4-3-5-15(17)19/h3-6,14,16H,7-13H2,1-2H3,(H,20,22). The molecule has 0 aliphatic carbocycles. The summed E-state index contributed by atoms with van der Waals surface area (Å²) in [5, 5.41) is 3.03. The van der Waals surface area contributed by atoms with Gasteiger partial charge in [0.1, 0.15) is 5.82 Å². The Bertz CT molecular complexity index is 521. The lowest BCUT2D eigenvalue weighted by Gasteiger charge is -2.36. The number of amides is 1. The van der Waals surface area contributed by atoms with Crippen molar-refractivity contribution in [1.29, 1.82) is 0 Å². The minimum atomic E-state index is -0.227. The van der Waals surface area contributed by atoms with Gasteiger partial charge in [-0.05, 0) is 18.1 Å². The normalized spacial score (nSPS) is 17.0. The highest BCUT2D eigenvalue weighted by Gasteiger charge is 2.24. The maximum Gasteiger partial charge on any atom is 0.220 e. The van der Waals surface area contributed by atoms with Gasteiger partial charge < -0.3 is 10.1 Å². The molecule has 1 heterocycles. The zero-order chi connectivity index (χ0) is 17.4. The highest BCUT2D eigenvalue weighted by molar-refractivity contribution is 7.99. The molecule has 1 amide bonds. The number of rotatable bonds is 8. The number of hydrogen-bond donors (Lipinski definition) is 1. The number of morpholine rings is 1. The Balaban J connectivity index is 1.71. The van der Waals surface area contributed by atoms with Gasteiger partial charge in [0.2, 0.25) is 5.91 Å². The van der Waals surface area contributed by atoms with Crippen LogP contribution in [0, 0.1) is 11.7 Å². The molecular weight excluding hydrogens is 327 g/mol. The number of ether oxygens (including phenoxy) is 1. The largest absolute Gasteiger partial charge is 0.379 e. The van der Waals surface area contributed by atoms with Crippen LogP contribution in [0.1, 0.15) is 20.3 Å². The highest BCUT2D eigenvalue weighted by Crippen LogP contribution is 2.21. The minimum absolute atomic E-state index is 0.0257. The van der Waals surface area contributed by atoms with Crippen LogP contribution in [0.5, 0.6) is 0 Å². The van der Waals surface area contributed by atoms with Crippen LogP contribution in [-0.2, 0) is 9.53 Å². The van der Waals surface area contributed by atoms with E-state index in [1.165, 1.54) is 17.8 Å². The maximum atomic E-state index is 13.5. The first-order chi connectivity index (χ1) is 11.6. The monoisotopic (exact) mass is 354 g/mol. The molecule has 1 aliphatic heterocycles. The van der Waals surface area contributed by atoms with E-state index in [9.17, 15) is 9.18 Å². The molecule has 1 fully saturated rings. The molecule has 0 bridgehead atoms. The number of nitrogens with zero attached hydrogens (tertiary/aromatic N) is 1.